The summed E-state index contributed by atoms with van der Waals surface area (Å²) in [4.78, 5) is 8.08. The molecule has 0 spiro atoms. The number of benzene rings is 1. The van der Waals surface area contributed by atoms with Gasteiger partial charge >= 0.3 is 0 Å². The Hall–Kier alpha value is -2.24. The molecule has 1 N–H and O–H groups in total. The quantitative estimate of drug-likeness (QED) is 0.906. The first-order chi connectivity index (χ1) is 8.69. The smallest absolute Gasteiger partial charge is 0.165 e. The molecule has 4 nitrogen and oxygen atoms in total. The van der Waals surface area contributed by atoms with Gasteiger partial charge in [-0.1, -0.05) is 0 Å². The van der Waals surface area contributed by atoms with Crippen molar-refractivity contribution < 1.29 is 13.5 Å². The topological polar surface area (TPSA) is 47.0 Å². The number of hydrogen-bond donors (Lipinski definition) is 1. The molecule has 2 aromatic rings. The van der Waals surface area contributed by atoms with E-state index in [0.717, 1.165) is 18.2 Å². The second-order valence-corrected chi connectivity index (χ2v) is 3.51. The molecule has 94 valence electrons. The monoisotopic (exact) mass is 251 g/mol. The van der Waals surface area contributed by atoms with Crippen molar-refractivity contribution in [2.45, 2.75) is 6.61 Å². The van der Waals surface area contributed by atoms with Crippen molar-refractivity contribution in [1.82, 2.24) is 9.97 Å². The highest BCUT2D eigenvalue weighted by atomic mass is 19.1. The highest BCUT2D eigenvalue weighted by Crippen LogP contribution is 2.18. The summed E-state index contributed by atoms with van der Waals surface area (Å²) < 4.78 is 31.3. The SMILES string of the molecule is CNc1cnc(COc2cc(F)ccc2F)cn1. The number of nitrogens with zero attached hydrogens (tertiary/aromatic N) is 2. The lowest BCUT2D eigenvalue weighted by Crippen LogP contribution is -2.02. The van der Waals surface area contributed by atoms with Gasteiger partial charge in [-0.05, 0) is 12.1 Å². The van der Waals surface area contributed by atoms with E-state index in [1.54, 1.807) is 7.05 Å². The largest absolute Gasteiger partial charge is 0.484 e. The van der Waals surface area contributed by atoms with Gasteiger partial charge in [0.2, 0.25) is 0 Å². The second-order valence-electron chi connectivity index (χ2n) is 3.51. The van der Waals surface area contributed by atoms with Crippen molar-refractivity contribution >= 4 is 5.82 Å². The summed E-state index contributed by atoms with van der Waals surface area (Å²) in [5.41, 5.74) is 0.526. The predicted molar refractivity (Wildman–Crippen MR) is 62.3 cm³/mol. The third-order valence-corrected chi connectivity index (χ3v) is 2.23. The van der Waals surface area contributed by atoms with Crippen LogP contribution < -0.4 is 10.1 Å². The molecule has 0 aliphatic heterocycles. The highest BCUT2D eigenvalue weighted by Gasteiger charge is 2.06. The van der Waals surface area contributed by atoms with Crippen LogP contribution in [0, 0.1) is 11.6 Å². The van der Waals surface area contributed by atoms with E-state index in [0.29, 0.717) is 11.5 Å². The highest BCUT2D eigenvalue weighted by molar-refractivity contribution is 5.29. The maximum atomic E-state index is 13.3. The van der Waals surface area contributed by atoms with Crippen LogP contribution in [0.5, 0.6) is 5.75 Å². The Morgan fingerprint density at radius 2 is 2.06 bits per heavy atom. The average Bonchev–Trinajstić information content (AvgIpc) is 2.40. The first-order valence-corrected chi connectivity index (χ1v) is 5.25. The summed E-state index contributed by atoms with van der Waals surface area (Å²) in [5, 5.41) is 2.82. The molecule has 0 amide bonds. The summed E-state index contributed by atoms with van der Waals surface area (Å²) >= 11 is 0. The minimum Gasteiger partial charge on any atom is -0.484 e. The number of nitrogens with one attached hydrogen (secondary N) is 1. The summed E-state index contributed by atoms with van der Waals surface area (Å²) in [6, 6.07) is 3.04. The maximum absolute atomic E-state index is 13.3. The van der Waals surface area contributed by atoms with Crippen molar-refractivity contribution in [3.63, 3.8) is 0 Å². The van der Waals surface area contributed by atoms with Crippen LogP contribution in [0.25, 0.3) is 0 Å². The van der Waals surface area contributed by atoms with Gasteiger partial charge in [0.05, 0.1) is 18.1 Å². The molecule has 0 radical (unpaired) electrons. The Labute approximate surface area is 103 Å². The molecule has 1 aromatic carbocycles. The molecule has 0 unspecified atom stereocenters. The van der Waals surface area contributed by atoms with Crippen molar-refractivity contribution in [3.8, 4) is 5.75 Å². The number of hydrogen-bond acceptors (Lipinski definition) is 4. The van der Waals surface area contributed by atoms with Crippen LogP contribution in [0.4, 0.5) is 14.6 Å². The number of aromatic nitrogens is 2. The van der Waals surface area contributed by atoms with E-state index in [1.807, 2.05) is 0 Å². The predicted octanol–water partition coefficient (Wildman–Crippen LogP) is 2.38. The maximum Gasteiger partial charge on any atom is 0.165 e. The molecule has 0 fully saturated rings. The van der Waals surface area contributed by atoms with E-state index in [2.05, 4.69) is 15.3 Å². The lowest BCUT2D eigenvalue weighted by molar-refractivity contribution is 0.283. The van der Waals surface area contributed by atoms with Gasteiger partial charge in [-0.25, -0.2) is 13.8 Å². The molecular weight excluding hydrogens is 240 g/mol. The number of rotatable bonds is 4. The summed E-state index contributed by atoms with van der Waals surface area (Å²) in [6.07, 6.45) is 3.03. The van der Waals surface area contributed by atoms with Gasteiger partial charge < -0.3 is 10.1 Å². The first kappa shape index (κ1) is 12.2. The zero-order valence-corrected chi connectivity index (χ0v) is 9.65. The van der Waals surface area contributed by atoms with Crippen LogP contribution in [0.1, 0.15) is 5.69 Å². The van der Waals surface area contributed by atoms with Crippen molar-refractivity contribution in [2.75, 3.05) is 12.4 Å². The Balaban J connectivity index is 2.04. The molecule has 0 aliphatic carbocycles. The van der Waals surface area contributed by atoms with Crippen molar-refractivity contribution in [3.05, 3.63) is 47.9 Å². The van der Waals surface area contributed by atoms with E-state index in [1.165, 1.54) is 12.4 Å². The van der Waals surface area contributed by atoms with Gasteiger partial charge in [0.25, 0.3) is 0 Å². The minimum atomic E-state index is -0.615. The van der Waals surface area contributed by atoms with E-state index in [9.17, 15) is 8.78 Å². The van der Waals surface area contributed by atoms with Gasteiger partial charge in [0.15, 0.2) is 11.6 Å². The first-order valence-electron chi connectivity index (χ1n) is 5.25. The van der Waals surface area contributed by atoms with E-state index < -0.39 is 11.6 Å². The Bertz CT molecular complexity index is 531. The summed E-state index contributed by atoms with van der Waals surface area (Å²) in [6.45, 7) is 0.0252. The standard InChI is InChI=1S/C12H11F2N3O/c1-15-12-6-16-9(5-17-12)7-18-11-4-8(13)2-3-10(11)14/h2-6H,7H2,1H3,(H,15,17). The van der Waals surface area contributed by atoms with Gasteiger partial charge in [-0.2, -0.15) is 0 Å². The molecule has 0 saturated carbocycles. The average molecular weight is 251 g/mol. The molecular formula is C12H11F2N3O. The van der Waals surface area contributed by atoms with Crippen LogP contribution in [0.2, 0.25) is 0 Å². The van der Waals surface area contributed by atoms with Crippen LogP contribution >= 0.6 is 0 Å². The third kappa shape index (κ3) is 2.91. The van der Waals surface area contributed by atoms with Gasteiger partial charge in [-0.3, -0.25) is 4.98 Å². The molecule has 6 heteroatoms. The number of ether oxygens (including phenoxy) is 1. The fourth-order valence-corrected chi connectivity index (χ4v) is 1.30. The Morgan fingerprint density at radius 3 is 2.72 bits per heavy atom. The number of halogens is 2. The van der Waals surface area contributed by atoms with Crippen LogP contribution in [0.3, 0.4) is 0 Å². The van der Waals surface area contributed by atoms with Crippen molar-refractivity contribution in [1.29, 1.82) is 0 Å². The van der Waals surface area contributed by atoms with Crippen LogP contribution in [0.15, 0.2) is 30.6 Å². The van der Waals surface area contributed by atoms with E-state index in [4.69, 9.17) is 4.74 Å². The summed E-state index contributed by atoms with van der Waals surface area (Å²) in [7, 11) is 1.72. The zero-order valence-electron chi connectivity index (χ0n) is 9.65. The second kappa shape index (κ2) is 5.39. The Kier molecular flexibility index (Phi) is 3.66. The lowest BCUT2D eigenvalue weighted by atomic mass is 10.3. The molecule has 0 saturated heterocycles. The molecule has 2 rings (SSSR count). The third-order valence-electron chi connectivity index (χ3n) is 2.23. The minimum absolute atomic E-state index is 0.0252. The fraction of sp³-hybridized carbons (Fsp3) is 0.167. The van der Waals surface area contributed by atoms with E-state index >= 15 is 0 Å². The molecule has 1 heterocycles. The number of anilines is 1. The van der Waals surface area contributed by atoms with Crippen LogP contribution in [-0.4, -0.2) is 17.0 Å². The lowest BCUT2D eigenvalue weighted by Gasteiger charge is -2.07. The summed E-state index contributed by atoms with van der Waals surface area (Å²) in [5.74, 6) is -0.690. The Morgan fingerprint density at radius 1 is 1.22 bits per heavy atom. The van der Waals surface area contributed by atoms with Gasteiger partial charge in [0, 0.05) is 13.1 Å². The zero-order chi connectivity index (χ0) is 13.0. The molecule has 0 aliphatic rings. The fourth-order valence-electron chi connectivity index (χ4n) is 1.30. The molecule has 0 bridgehead atoms. The molecule has 1 aromatic heterocycles. The van der Waals surface area contributed by atoms with E-state index in [-0.39, 0.29) is 12.4 Å². The van der Waals surface area contributed by atoms with Crippen LogP contribution in [-0.2, 0) is 6.61 Å². The normalized spacial score (nSPS) is 10.2. The molecule has 18 heavy (non-hydrogen) atoms. The van der Waals surface area contributed by atoms with Gasteiger partial charge in [0.1, 0.15) is 18.2 Å². The van der Waals surface area contributed by atoms with Gasteiger partial charge in [-0.15, -0.1) is 0 Å². The van der Waals surface area contributed by atoms with Crippen molar-refractivity contribution in [2.24, 2.45) is 0 Å². The molecule has 0 atom stereocenters.